The highest BCUT2D eigenvalue weighted by molar-refractivity contribution is 5.85. The van der Waals surface area contributed by atoms with E-state index in [0.29, 0.717) is 17.6 Å². The van der Waals surface area contributed by atoms with Crippen molar-refractivity contribution in [2.45, 2.75) is 40.0 Å². The number of carbonyl (C=O) groups is 1. The highest BCUT2D eigenvalue weighted by Crippen LogP contribution is 2.36. The van der Waals surface area contributed by atoms with Crippen molar-refractivity contribution < 1.29 is 4.79 Å². The van der Waals surface area contributed by atoms with Crippen LogP contribution >= 0.6 is 0 Å². The van der Waals surface area contributed by atoms with Crippen LogP contribution in [0.15, 0.2) is 30.3 Å². The van der Waals surface area contributed by atoms with Crippen LogP contribution in [-0.4, -0.2) is 5.78 Å². The molecule has 18 heavy (non-hydrogen) atoms. The quantitative estimate of drug-likeness (QED) is 0.781. The Morgan fingerprint density at radius 3 is 2.44 bits per heavy atom. The molecule has 0 aliphatic heterocycles. The summed E-state index contributed by atoms with van der Waals surface area (Å²) in [5, 5.41) is 0. The van der Waals surface area contributed by atoms with Crippen molar-refractivity contribution in [2.24, 2.45) is 23.7 Å². The summed E-state index contributed by atoms with van der Waals surface area (Å²) in [4.78, 5) is 12.6. The van der Waals surface area contributed by atoms with E-state index in [1.807, 2.05) is 6.07 Å². The Morgan fingerprint density at radius 1 is 1.17 bits per heavy atom. The predicted molar refractivity (Wildman–Crippen MR) is 75.4 cm³/mol. The van der Waals surface area contributed by atoms with Crippen LogP contribution in [0.2, 0.25) is 0 Å². The summed E-state index contributed by atoms with van der Waals surface area (Å²) >= 11 is 0. The van der Waals surface area contributed by atoms with Crippen LogP contribution in [0.5, 0.6) is 0 Å². The Bertz CT molecular complexity index is 393. The van der Waals surface area contributed by atoms with Gasteiger partial charge in [-0.1, -0.05) is 51.1 Å². The van der Waals surface area contributed by atoms with Gasteiger partial charge in [-0.05, 0) is 36.7 Å². The molecular formula is C17H24O. The van der Waals surface area contributed by atoms with Gasteiger partial charge < -0.3 is 0 Å². The standard InChI is InChI=1S/C17H24O/c1-12(2)15-10-9-13(3)16(17(15)18)11-14-7-5-4-6-8-14/h4-8,12-13,15-16H,9-11H2,1-3H3/t13-,15+,16+/m1/s1. The van der Waals surface area contributed by atoms with E-state index in [2.05, 4.69) is 45.0 Å². The molecule has 0 bridgehead atoms. The molecule has 2 rings (SSSR count). The zero-order valence-corrected chi connectivity index (χ0v) is 11.7. The molecule has 0 radical (unpaired) electrons. The molecule has 1 saturated carbocycles. The fraction of sp³-hybridized carbons (Fsp3) is 0.588. The minimum Gasteiger partial charge on any atom is -0.299 e. The molecule has 1 heteroatoms. The molecule has 0 aromatic heterocycles. The molecule has 1 aliphatic carbocycles. The van der Waals surface area contributed by atoms with Gasteiger partial charge in [0.1, 0.15) is 5.78 Å². The van der Waals surface area contributed by atoms with Crippen LogP contribution < -0.4 is 0 Å². The molecule has 0 saturated heterocycles. The molecule has 1 aliphatic rings. The van der Waals surface area contributed by atoms with E-state index in [0.717, 1.165) is 12.8 Å². The second-order valence-electron chi connectivity index (χ2n) is 6.10. The first kappa shape index (κ1) is 13.3. The van der Waals surface area contributed by atoms with Crippen LogP contribution in [0.3, 0.4) is 0 Å². The average molecular weight is 244 g/mol. The van der Waals surface area contributed by atoms with E-state index in [1.54, 1.807) is 0 Å². The molecule has 98 valence electrons. The molecule has 0 amide bonds. The molecule has 0 heterocycles. The summed E-state index contributed by atoms with van der Waals surface area (Å²) in [6, 6.07) is 10.4. The Labute approximate surface area is 111 Å². The summed E-state index contributed by atoms with van der Waals surface area (Å²) in [7, 11) is 0. The molecule has 1 aromatic rings. The monoisotopic (exact) mass is 244 g/mol. The number of rotatable bonds is 3. The number of ketones is 1. The van der Waals surface area contributed by atoms with Gasteiger partial charge in [0.2, 0.25) is 0 Å². The predicted octanol–water partition coefficient (Wildman–Crippen LogP) is 4.12. The third-order valence-corrected chi connectivity index (χ3v) is 4.45. The topological polar surface area (TPSA) is 17.1 Å². The summed E-state index contributed by atoms with van der Waals surface area (Å²) in [6.07, 6.45) is 3.21. The maximum Gasteiger partial charge on any atom is 0.139 e. The van der Waals surface area contributed by atoms with Crippen LogP contribution in [0.4, 0.5) is 0 Å². The highest BCUT2D eigenvalue weighted by atomic mass is 16.1. The number of benzene rings is 1. The van der Waals surface area contributed by atoms with E-state index < -0.39 is 0 Å². The minimum atomic E-state index is 0.230. The van der Waals surface area contributed by atoms with Gasteiger partial charge in [-0.2, -0.15) is 0 Å². The van der Waals surface area contributed by atoms with Gasteiger partial charge in [-0.15, -0.1) is 0 Å². The van der Waals surface area contributed by atoms with Crippen molar-refractivity contribution in [1.29, 1.82) is 0 Å². The highest BCUT2D eigenvalue weighted by Gasteiger charge is 2.36. The van der Waals surface area contributed by atoms with Gasteiger partial charge in [-0.3, -0.25) is 4.79 Å². The number of hydrogen-bond donors (Lipinski definition) is 0. The van der Waals surface area contributed by atoms with Gasteiger partial charge in [0.15, 0.2) is 0 Å². The lowest BCUT2D eigenvalue weighted by Crippen LogP contribution is -2.37. The van der Waals surface area contributed by atoms with Crippen LogP contribution in [0.25, 0.3) is 0 Å². The second kappa shape index (κ2) is 5.69. The van der Waals surface area contributed by atoms with E-state index in [9.17, 15) is 4.79 Å². The van der Waals surface area contributed by atoms with Crippen LogP contribution in [-0.2, 0) is 11.2 Å². The van der Waals surface area contributed by atoms with E-state index in [1.165, 1.54) is 12.0 Å². The fourth-order valence-electron chi connectivity index (χ4n) is 3.17. The first-order valence-corrected chi connectivity index (χ1v) is 7.17. The smallest absolute Gasteiger partial charge is 0.139 e. The lowest BCUT2D eigenvalue weighted by Gasteiger charge is -2.35. The van der Waals surface area contributed by atoms with Crippen molar-refractivity contribution in [1.82, 2.24) is 0 Å². The summed E-state index contributed by atoms with van der Waals surface area (Å²) in [5.41, 5.74) is 1.30. The third-order valence-electron chi connectivity index (χ3n) is 4.45. The zero-order chi connectivity index (χ0) is 13.1. The summed E-state index contributed by atoms with van der Waals surface area (Å²) in [5.74, 6) is 2.05. The normalized spacial score (nSPS) is 28.7. The molecule has 0 spiro atoms. The minimum absolute atomic E-state index is 0.230. The molecule has 1 nitrogen and oxygen atoms in total. The number of Topliss-reactive ketones (excluding diaryl/α,β-unsaturated/α-hetero) is 1. The molecular weight excluding hydrogens is 220 g/mol. The van der Waals surface area contributed by atoms with E-state index in [4.69, 9.17) is 0 Å². The maximum absolute atomic E-state index is 12.6. The lowest BCUT2D eigenvalue weighted by molar-refractivity contribution is -0.132. The number of carbonyl (C=O) groups excluding carboxylic acids is 1. The Hall–Kier alpha value is -1.11. The van der Waals surface area contributed by atoms with Crippen molar-refractivity contribution in [3.8, 4) is 0 Å². The van der Waals surface area contributed by atoms with Gasteiger partial charge in [0.25, 0.3) is 0 Å². The first-order chi connectivity index (χ1) is 8.59. The van der Waals surface area contributed by atoms with Crippen molar-refractivity contribution in [3.05, 3.63) is 35.9 Å². The van der Waals surface area contributed by atoms with Gasteiger partial charge >= 0.3 is 0 Å². The van der Waals surface area contributed by atoms with Gasteiger partial charge in [-0.25, -0.2) is 0 Å². The van der Waals surface area contributed by atoms with E-state index >= 15 is 0 Å². The molecule has 1 aromatic carbocycles. The van der Waals surface area contributed by atoms with Crippen LogP contribution in [0, 0.1) is 23.7 Å². The Kier molecular flexibility index (Phi) is 4.21. The maximum atomic E-state index is 12.6. The van der Waals surface area contributed by atoms with Crippen LogP contribution in [0.1, 0.15) is 39.2 Å². The molecule has 3 atom stereocenters. The van der Waals surface area contributed by atoms with Crippen molar-refractivity contribution in [3.63, 3.8) is 0 Å². The second-order valence-corrected chi connectivity index (χ2v) is 6.10. The first-order valence-electron chi connectivity index (χ1n) is 7.17. The molecule has 0 unspecified atom stereocenters. The summed E-state index contributed by atoms with van der Waals surface area (Å²) < 4.78 is 0. The molecule has 1 fully saturated rings. The largest absolute Gasteiger partial charge is 0.299 e. The SMILES string of the molecule is CC(C)[C@@H]1CC[C@@H](C)[C@H](Cc2ccccc2)C1=O. The molecule has 0 N–H and O–H groups in total. The van der Waals surface area contributed by atoms with Gasteiger partial charge in [0.05, 0.1) is 0 Å². The van der Waals surface area contributed by atoms with Crippen molar-refractivity contribution in [2.75, 3.05) is 0 Å². The third kappa shape index (κ3) is 2.82. The fourth-order valence-corrected chi connectivity index (χ4v) is 3.17. The Balaban J connectivity index is 2.12. The average Bonchev–Trinajstić information content (AvgIpc) is 2.35. The Morgan fingerprint density at radius 2 is 1.83 bits per heavy atom. The summed E-state index contributed by atoms with van der Waals surface area (Å²) in [6.45, 7) is 6.60. The lowest BCUT2D eigenvalue weighted by atomic mass is 9.68. The van der Waals surface area contributed by atoms with Gasteiger partial charge in [0, 0.05) is 11.8 Å². The number of hydrogen-bond acceptors (Lipinski definition) is 1. The van der Waals surface area contributed by atoms with E-state index in [-0.39, 0.29) is 11.8 Å². The zero-order valence-electron chi connectivity index (χ0n) is 11.7. The van der Waals surface area contributed by atoms with Crippen molar-refractivity contribution >= 4 is 5.78 Å².